The summed E-state index contributed by atoms with van der Waals surface area (Å²) < 4.78 is 0. The molecule has 1 rings (SSSR count). The van der Waals surface area contributed by atoms with Crippen molar-refractivity contribution in [3.8, 4) is 0 Å². The highest BCUT2D eigenvalue weighted by atomic mass is 32.1. The summed E-state index contributed by atoms with van der Waals surface area (Å²) in [6, 6.07) is 0. The lowest BCUT2D eigenvalue weighted by atomic mass is 10.2. The van der Waals surface area contributed by atoms with Crippen LogP contribution in [0.1, 0.15) is 22.0 Å². The van der Waals surface area contributed by atoms with E-state index in [1.54, 1.807) is 11.3 Å². The minimum Gasteiger partial charge on any atom is -0.355 e. The van der Waals surface area contributed by atoms with Gasteiger partial charge in [0.25, 0.3) is 0 Å². The van der Waals surface area contributed by atoms with Crippen molar-refractivity contribution in [2.75, 3.05) is 27.2 Å². The summed E-state index contributed by atoms with van der Waals surface area (Å²) in [6.07, 6.45) is 1.35. The second-order valence-corrected chi connectivity index (χ2v) is 5.68. The Bertz CT molecular complexity index is 374. The molecule has 0 saturated heterocycles. The SMILES string of the molecule is Cc1nc(C)c(CCC(=O)NCCN(C)C)s1. The number of aryl methyl sites for hydroxylation is 3. The summed E-state index contributed by atoms with van der Waals surface area (Å²) in [6.45, 7) is 5.60. The van der Waals surface area contributed by atoms with E-state index in [1.165, 1.54) is 4.88 Å². The Morgan fingerprint density at radius 2 is 2.12 bits per heavy atom. The average molecular weight is 255 g/mol. The summed E-state index contributed by atoms with van der Waals surface area (Å²) >= 11 is 1.69. The first-order valence-electron chi connectivity index (χ1n) is 5.83. The molecule has 0 radical (unpaired) electrons. The van der Waals surface area contributed by atoms with E-state index >= 15 is 0 Å². The van der Waals surface area contributed by atoms with E-state index in [2.05, 4.69) is 15.2 Å². The van der Waals surface area contributed by atoms with Gasteiger partial charge in [-0.25, -0.2) is 4.98 Å². The van der Waals surface area contributed by atoms with E-state index in [9.17, 15) is 4.79 Å². The van der Waals surface area contributed by atoms with Crippen LogP contribution in [0.4, 0.5) is 0 Å². The Morgan fingerprint density at radius 1 is 1.41 bits per heavy atom. The largest absolute Gasteiger partial charge is 0.355 e. The second kappa shape index (κ2) is 6.71. The number of hydrogen-bond donors (Lipinski definition) is 1. The lowest BCUT2D eigenvalue weighted by Crippen LogP contribution is -2.31. The van der Waals surface area contributed by atoms with Gasteiger partial charge >= 0.3 is 0 Å². The highest BCUT2D eigenvalue weighted by molar-refractivity contribution is 7.11. The van der Waals surface area contributed by atoms with Crippen molar-refractivity contribution in [1.82, 2.24) is 15.2 Å². The molecule has 0 bridgehead atoms. The second-order valence-electron chi connectivity index (χ2n) is 4.39. The third kappa shape index (κ3) is 5.28. The van der Waals surface area contributed by atoms with Gasteiger partial charge in [-0.3, -0.25) is 4.79 Å². The van der Waals surface area contributed by atoms with Crippen LogP contribution in [0.2, 0.25) is 0 Å². The van der Waals surface area contributed by atoms with Gasteiger partial charge in [0.15, 0.2) is 0 Å². The normalized spacial score (nSPS) is 10.9. The average Bonchev–Trinajstić information content (AvgIpc) is 2.54. The topological polar surface area (TPSA) is 45.2 Å². The lowest BCUT2D eigenvalue weighted by Gasteiger charge is -2.10. The molecule has 0 aromatic carbocycles. The molecule has 0 aliphatic heterocycles. The molecule has 5 heteroatoms. The zero-order valence-electron chi connectivity index (χ0n) is 11.0. The van der Waals surface area contributed by atoms with Gasteiger partial charge in [0.1, 0.15) is 0 Å². The molecule has 0 fully saturated rings. The van der Waals surface area contributed by atoms with Crippen molar-refractivity contribution in [1.29, 1.82) is 0 Å². The first-order valence-corrected chi connectivity index (χ1v) is 6.65. The lowest BCUT2D eigenvalue weighted by molar-refractivity contribution is -0.121. The van der Waals surface area contributed by atoms with Crippen LogP contribution in [-0.2, 0) is 11.2 Å². The number of aromatic nitrogens is 1. The van der Waals surface area contributed by atoms with Gasteiger partial charge in [-0.05, 0) is 34.4 Å². The number of carbonyl (C=O) groups excluding carboxylic acids is 1. The standard InChI is InChI=1S/C12H21N3OS/c1-9-11(17-10(2)14-9)5-6-12(16)13-7-8-15(3)4/h5-8H2,1-4H3,(H,13,16). The van der Waals surface area contributed by atoms with Crippen molar-refractivity contribution < 1.29 is 4.79 Å². The van der Waals surface area contributed by atoms with Gasteiger partial charge in [0.05, 0.1) is 10.7 Å². The molecule has 0 spiro atoms. The van der Waals surface area contributed by atoms with Crippen LogP contribution in [0.5, 0.6) is 0 Å². The minimum absolute atomic E-state index is 0.123. The van der Waals surface area contributed by atoms with Crippen LogP contribution < -0.4 is 5.32 Å². The molecule has 1 heterocycles. The van der Waals surface area contributed by atoms with Gasteiger partial charge in [-0.2, -0.15) is 0 Å². The number of thiazole rings is 1. The highest BCUT2D eigenvalue weighted by Gasteiger charge is 2.07. The Labute approximate surface area is 107 Å². The molecule has 4 nitrogen and oxygen atoms in total. The maximum atomic E-state index is 11.6. The molecule has 0 unspecified atom stereocenters. The third-order valence-corrected chi connectivity index (χ3v) is 3.59. The number of likely N-dealkylation sites (N-methyl/N-ethyl adjacent to an activating group) is 1. The smallest absolute Gasteiger partial charge is 0.220 e. The van der Waals surface area contributed by atoms with Crippen molar-refractivity contribution in [3.05, 3.63) is 15.6 Å². The Balaban J connectivity index is 2.26. The van der Waals surface area contributed by atoms with E-state index < -0.39 is 0 Å². The van der Waals surface area contributed by atoms with E-state index in [0.29, 0.717) is 13.0 Å². The molecule has 0 aliphatic carbocycles. The number of rotatable bonds is 6. The summed E-state index contributed by atoms with van der Waals surface area (Å²) in [4.78, 5) is 19.2. The Hall–Kier alpha value is -0.940. The maximum absolute atomic E-state index is 11.6. The minimum atomic E-state index is 0.123. The molecular weight excluding hydrogens is 234 g/mol. The molecule has 1 aromatic heterocycles. The predicted octanol–water partition coefficient (Wildman–Crippen LogP) is 1.37. The number of hydrogen-bond acceptors (Lipinski definition) is 4. The fourth-order valence-corrected chi connectivity index (χ4v) is 2.48. The van der Waals surface area contributed by atoms with Crippen LogP contribution in [0.25, 0.3) is 0 Å². The molecule has 1 amide bonds. The van der Waals surface area contributed by atoms with Crippen LogP contribution in [0.15, 0.2) is 0 Å². The summed E-state index contributed by atoms with van der Waals surface area (Å²) in [7, 11) is 3.99. The van der Waals surface area contributed by atoms with Crippen LogP contribution in [0.3, 0.4) is 0 Å². The van der Waals surface area contributed by atoms with E-state index in [-0.39, 0.29) is 5.91 Å². The van der Waals surface area contributed by atoms with Crippen LogP contribution in [-0.4, -0.2) is 43.0 Å². The molecule has 1 aromatic rings. The van der Waals surface area contributed by atoms with Crippen LogP contribution >= 0.6 is 11.3 Å². The highest BCUT2D eigenvalue weighted by Crippen LogP contribution is 2.18. The Kier molecular flexibility index (Phi) is 5.58. The predicted molar refractivity (Wildman–Crippen MR) is 71.5 cm³/mol. The molecule has 17 heavy (non-hydrogen) atoms. The zero-order chi connectivity index (χ0) is 12.8. The molecule has 0 atom stereocenters. The van der Waals surface area contributed by atoms with Gasteiger partial charge in [0, 0.05) is 24.4 Å². The Morgan fingerprint density at radius 3 is 2.65 bits per heavy atom. The van der Waals surface area contributed by atoms with Crippen molar-refractivity contribution >= 4 is 17.2 Å². The monoisotopic (exact) mass is 255 g/mol. The van der Waals surface area contributed by atoms with Crippen molar-refractivity contribution in [2.24, 2.45) is 0 Å². The molecule has 0 saturated carbocycles. The molecular formula is C12H21N3OS. The number of nitrogens with zero attached hydrogens (tertiary/aromatic N) is 2. The van der Waals surface area contributed by atoms with E-state index in [0.717, 1.165) is 23.7 Å². The van der Waals surface area contributed by atoms with Gasteiger partial charge in [-0.1, -0.05) is 0 Å². The number of carbonyl (C=O) groups is 1. The first-order chi connectivity index (χ1) is 7.99. The zero-order valence-corrected chi connectivity index (χ0v) is 11.9. The van der Waals surface area contributed by atoms with Gasteiger partial charge in [-0.15, -0.1) is 11.3 Å². The first kappa shape index (κ1) is 14.1. The maximum Gasteiger partial charge on any atom is 0.220 e. The molecule has 0 aliphatic rings. The summed E-state index contributed by atoms with van der Waals surface area (Å²) in [5, 5.41) is 3.99. The molecule has 96 valence electrons. The summed E-state index contributed by atoms with van der Waals surface area (Å²) in [5.41, 5.74) is 1.06. The van der Waals surface area contributed by atoms with Crippen LogP contribution in [0, 0.1) is 13.8 Å². The van der Waals surface area contributed by atoms with E-state index in [1.807, 2.05) is 27.9 Å². The third-order valence-electron chi connectivity index (χ3n) is 2.46. The van der Waals surface area contributed by atoms with Crippen molar-refractivity contribution in [2.45, 2.75) is 26.7 Å². The number of nitrogens with one attached hydrogen (secondary N) is 1. The van der Waals surface area contributed by atoms with Gasteiger partial charge in [0.2, 0.25) is 5.91 Å². The van der Waals surface area contributed by atoms with E-state index in [4.69, 9.17) is 0 Å². The van der Waals surface area contributed by atoms with Gasteiger partial charge < -0.3 is 10.2 Å². The quantitative estimate of drug-likeness (QED) is 0.835. The molecule has 1 N–H and O–H groups in total. The van der Waals surface area contributed by atoms with Crippen molar-refractivity contribution in [3.63, 3.8) is 0 Å². The fourth-order valence-electron chi connectivity index (χ4n) is 1.54. The summed E-state index contributed by atoms with van der Waals surface area (Å²) in [5.74, 6) is 0.123. The number of amides is 1. The fraction of sp³-hybridized carbons (Fsp3) is 0.667.